The molecule has 1 fully saturated rings. The third kappa shape index (κ3) is 4.50. The quantitative estimate of drug-likeness (QED) is 0.716. The van der Waals surface area contributed by atoms with E-state index in [1.54, 1.807) is 7.11 Å². The van der Waals surface area contributed by atoms with Crippen molar-refractivity contribution in [1.82, 2.24) is 9.80 Å². The molecule has 0 aromatic heterocycles. The summed E-state index contributed by atoms with van der Waals surface area (Å²) in [5.41, 5.74) is 0. The Balaban J connectivity index is 2.51. The molecule has 1 rings (SSSR count). The Morgan fingerprint density at radius 2 is 2.11 bits per heavy atom. The monoisotopic (exact) mass is 258 g/mol. The molecule has 0 aromatic rings. The van der Waals surface area contributed by atoms with E-state index >= 15 is 0 Å². The summed E-state index contributed by atoms with van der Waals surface area (Å²) in [6.45, 7) is 8.44. The first-order valence-corrected chi connectivity index (χ1v) is 7.34. The molecule has 108 valence electrons. The average Bonchev–Trinajstić information content (AvgIpc) is 2.40. The van der Waals surface area contributed by atoms with Crippen molar-refractivity contribution in [1.29, 1.82) is 0 Å². The topological polar surface area (TPSA) is 35.9 Å². The van der Waals surface area contributed by atoms with Gasteiger partial charge in [-0.15, -0.1) is 0 Å². The van der Waals surface area contributed by atoms with Gasteiger partial charge in [-0.25, -0.2) is 0 Å². The molecule has 1 N–H and O–H groups in total. The second kappa shape index (κ2) is 8.86. The average molecular weight is 258 g/mol. The standard InChI is InChI=1S/C14H30N2O2/c1-4-6-7-13(5-2)15-8-9-16(12-17)14(10-15)11-18-3/h13-14,17H,4-12H2,1-3H3. The van der Waals surface area contributed by atoms with Crippen molar-refractivity contribution in [2.24, 2.45) is 0 Å². The minimum absolute atomic E-state index is 0.146. The van der Waals surface area contributed by atoms with E-state index in [1.165, 1.54) is 25.7 Å². The minimum Gasteiger partial charge on any atom is -0.383 e. The highest BCUT2D eigenvalue weighted by molar-refractivity contribution is 4.84. The van der Waals surface area contributed by atoms with Crippen LogP contribution in [0.2, 0.25) is 0 Å². The SMILES string of the molecule is CCCCC(CC)N1CCN(CO)C(COC)C1. The Bertz CT molecular complexity index is 214. The summed E-state index contributed by atoms with van der Waals surface area (Å²) in [7, 11) is 1.74. The fraction of sp³-hybridized carbons (Fsp3) is 1.00. The number of ether oxygens (including phenoxy) is 1. The maximum atomic E-state index is 9.36. The fourth-order valence-corrected chi connectivity index (χ4v) is 2.87. The van der Waals surface area contributed by atoms with Gasteiger partial charge in [0.05, 0.1) is 13.3 Å². The number of hydrogen-bond acceptors (Lipinski definition) is 4. The Morgan fingerprint density at radius 3 is 2.67 bits per heavy atom. The molecule has 0 saturated carbocycles. The van der Waals surface area contributed by atoms with Crippen LogP contribution in [0.15, 0.2) is 0 Å². The number of methoxy groups -OCH3 is 1. The summed E-state index contributed by atoms with van der Waals surface area (Å²) in [5, 5.41) is 9.36. The Hall–Kier alpha value is -0.160. The number of unbranched alkanes of at least 4 members (excludes halogenated alkanes) is 1. The van der Waals surface area contributed by atoms with Gasteiger partial charge in [-0.3, -0.25) is 9.80 Å². The predicted molar refractivity (Wildman–Crippen MR) is 74.6 cm³/mol. The molecule has 0 aromatic carbocycles. The zero-order chi connectivity index (χ0) is 13.4. The smallest absolute Gasteiger partial charge is 0.0960 e. The van der Waals surface area contributed by atoms with Gasteiger partial charge >= 0.3 is 0 Å². The van der Waals surface area contributed by atoms with Crippen molar-refractivity contribution in [2.45, 2.75) is 51.6 Å². The summed E-state index contributed by atoms with van der Waals surface area (Å²) < 4.78 is 5.28. The van der Waals surface area contributed by atoms with Crippen molar-refractivity contribution in [3.63, 3.8) is 0 Å². The molecule has 0 bridgehead atoms. The van der Waals surface area contributed by atoms with Gasteiger partial charge in [0.15, 0.2) is 0 Å². The maximum absolute atomic E-state index is 9.36. The van der Waals surface area contributed by atoms with Gasteiger partial charge in [-0.2, -0.15) is 0 Å². The van der Waals surface area contributed by atoms with Gasteiger partial charge in [0.25, 0.3) is 0 Å². The van der Waals surface area contributed by atoms with Gasteiger partial charge in [0.1, 0.15) is 0 Å². The first-order chi connectivity index (χ1) is 8.76. The molecule has 1 saturated heterocycles. The van der Waals surface area contributed by atoms with Crippen LogP contribution in [0.4, 0.5) is 0 Å². The summed E-state index contributed by atoms with van der Waals surface area (Å²) in [6.07, 6.45) is 5.10. The summed E-state index contributed by atoms with van der Waals surface area (Å²) in [6, 6.07) is 1.04. The minimum atomic E-state index is 0.146. The molecule has 4 heteroatoms. The van der Waals surface area contributed by atoms with E-state index in [2.05, 4.69) is 23.6 Å². The van der Waals surface area contributed by atoms with Crippen LogP contribution in [-0.4, -0.2) is 67.1 Å². The molecule has 2 atom stereocenters. The number of hydrogen-bond donors (Lipinski definition) is 1. The highest BCUT2D eigenvalue weighted by Crippen LogP contribution is 2.18. The summed E-state index contributed by atoms with van der Waals surface area (Å²) in [5.74, 6) is 0. The normalized spacial score (nSPS) is 24.3. The highest BCUT2D eigenvalue weighted by Gasteiger charge is 2.29. The van der Waals surface area contributed by atoms with E-state index in [-0.39, 0.29) is 6.73 Å². The molecule has 0 radical (unpaired) electrons. The maximum Gasteiger partial charge on any atom is 0.0960 e. The van der Waals surface area contributed by atoms with Gasteiger partial charge in [-0.05, 0) is 12.8 Å². The van der Waals surface area contributed by atoms with E-state index in [0.29, 0.717) is 18.7 Å². The Morgan fingerprint density at radius 1 is 1.33 bits per heavy atom. The van der Waals surface area contributed by atoms with E-state index in [0.717, 1.165) is 19.6 Å². The lowest BCUT2D eigenvalue weighted by Gasteiger charge is -2.43. The Kier molecular flexibility index (Phi) is 7.82. The van der Waals surface area contributed by atoms with Crippen molar-refractivity contribution < 1.29 is 9.84 Å². The molecule has 1 aliphatic rings. The molecular weight excluding hydrogens is 228 g/mol. The third-order valence-corrected chi connectivity index (χ3v) is 4.06. The number of aliphatic hydroxyl groups excluding tert-OH is 1. The molecule has 1 heterocycles. The van der Waals surface area contributed by atoms with Crippen LogP contribution in [0.1, 0.15) is 39.5 Å². The van der Waals surface area contributed by atoms with Crippen molar-refractivity contribution >= 4 is 0 Å². The molecule has 0 aliphatic carbocycles. The number of nitrogens with zero attached hydrogens (tertiary/aromatic N) is 2. The number of piperazine rings is 1. The van der Waals surface area contributed by atoms with E-state index in [9.17, 15) is 5.11 Å². The van der Waals surface area contributed by atoms with Crippen LogP contribution in [-0.2, 0) is 4.74 Å². The van der Waals surface area contributed by atoms with Crippen molar-refractivity contribution in [3.8, 4) is 0 Å². The van der Waals surface area contributed by atoms with E-state index in [1.807, 2.05) is 0 Å². The summed E-state index contributed by atoms with van der Waals surface area (Å²) >= 11 is 0. The lowest BCUT2D eigenvalue weighted by Crippen LogP contribution is -2.57. The first-order valence-electron chi connectivity index (χ1n) is 7.34. The van der Waals surface area contributed by atoms with Gasteiger partial charge < -0.3 is 9.84 Å². The van der Waals surface area contributed by atoms with E-state index < -0.39 is 0 Å². The van der Waals surface area contributed by atoms with Crippen molar-refractivity contribution in [3.05, 3.63) is 0 Å². The molecular formula is C14H30N2O2. The second-order valence-corrected chi connectivity index (χ2v) is 5.26. The van der Waals surface area contributed by atoms with Crippen LogP contribution in [0.25, 0.3) is 0 Å². The largest absolute Gasteiger partial charge is 0.383 e. The van der Waals surface area contributed by atoms with E-state index in [4.69, 9.17) is 4.74 Å². The lowest BCUT2D eigenvalue weighted by atomic mass is 10.0. The van der Waals surface area contributed by atoms with Crippen LogP contribution in [0.5, 0.6) is 0 Å². The second-order valence-electron chi connectivity index (χ2n) is 5.26. The first kappa shape index (κ1) is 15.9. The van der Waals surface area contributed by atoms with Crippen LogP contribution in [0.3, 0.4) is 0 Å². The molecule has 4 nitrogen and oxygen atoms in total. The zero-order valence-corrected chi connectivity index (χ0v) is 12.3. The molecule has 0 spiro atoms. The lowest BCUT2D eigenvalue weighted by molar-refractivity contribution is -0.0330. The third-order valence-electron chi connectivity index (χ3n) is 4.06. The molecule has 2 unspecified atom stereocenters. The van der Waals surface area contributed by atoms with Gasteiger partial charge in [0, 0.05) is 38.8 Å². The molecule has 18 heavy (non-hydrogen) atoms. The Labute approximate surface area is 112 Å². The van der Waals surface area contributed by atoms with Crippen LogP contribution >= 0.6 is 0 Å². The summed E-state index contributed by atoms with van der Waals surface area (Å²) in [4.78, 5) is 4.71. The highest BCUT2D eigenvalue weighted by atomic mass is 16.5. The molecule has 0 amide bonds. The zero-order valence-electron chi connectivity index (χ0n) is 12.3. The van der Waals surface area contributed by atoms with Gasteiger partial charge in [-0.1, -0.05) is 26.7 Å². The fourth-order valence-electron chi connectivity index (χ4n) is 2.87. The predicted octanol–water partition coefficient (Wildman–Crippen LogP) is 1.54. The molecule has 1 aliphatic heterocycles. The number of aliphatic hydroxyl groups is 1. The number of rotatable bonds is 8. The van der Waals surface area contributed by atoms with Gasteiger partial charge in [0.2, 0.25) is 0 Å². The van der Waals surface area contributed by atoms with Crippen molar-refractivity contribution in [2.75, 3.05) is 40.1 Å². The van der Waals surface area contributed by atoms with Crippen LogP contribution < -0.4 is 0 Å². The van der Waals surface area contributed by atoms with Crippen LogP contribution in [0, 0.1) is 0 Å².